The van der Waals surface area contributed by atoms with Crippen molar-refractivity contribution in [1.82, 2.24) is 0 Å². The van der Waals surface area contributed by atoms with E-state index in [1.165, 1.54) is 14.2 Å². The molecule has 0 fully saturated rings. The first-order valence-electron chi connectivity index (χ1n) is 5.51. The van der Waals surface area contributed by atoms with Crippen LogP contribution in [-0.2, 0) is 19.1 Å². The van der Waals surface area contributed by atoms with Gasteiger partial charge in [0, 0.05) is 5.56 Å². The minimum atomic E-state index is -0.443. The van der Waals surface area contributed by atoms with Crippen LogP contribution in [0.5, 0.6) is 5.75 Å². The molecule has 0 saturated carbocycles. The highest BCUT2D eigenvalue weighted by Gasteiger charge is 2.01. The summed E-state index contributed by atoms with van der Waals surface area (Å²) in [5.41, 5.74) is 0.745. The van der Waals surface area contributed by atoms with Gasteiger partial charge in [0.15, 0.2) is 6.61 Å². The van der Waals surface area contributed by atoms with Gasteiger partial charge in [0.2, 0.25) is 0 Å². The Hall–Kier alpha value is -2.48. The third kappa shape index (κ3) is 5.59. The van der Waals surface area contributed by atoms with Crippen LogP contribution in [0, 0.1) is 11.8 Å². The minimum absolute atomic E-state index is 0.0527. The number of hydrogen-bond donors (Lipinski definition) is 0. The van der Waals surface area contributed by atoms with Crippen LogP contribution in [0.4, 0.5) is 0 Å². The second-order valence-corrected chi connectivity index (χ2v) is 3.44. The van der Waals surface area contributed by atoms with E-state index in [9.17, 15) is 9.59 Å². The molecule has 100 valence electrons. The van der Waals surface area contributed by atoms with Crippen molar-refractivity contribution in [2.45, 2.75) is 6.42 Å². The van der Waals surface area contributed by atoms with E-state index >= 15 is 0 Å². The summed E-state index contributed by atoms with van der Waals surface area (Å²) in [5, 5.41) is 0. The molecule has 0 aliphatic carbocycles. The van der Waals surface area contributed by atoms with Crippen LogP contribution in [-0.4, -0.2) is 32.8 Å². The molecule has 5 nitrogen and oxygen atoms in total. The molecule has 0 aliphatic heterocycles. The molecule has 1 aromatic carbocycles. The van der Waals surface area contributed by atoms with E-state index in [2.05, 4.69) is 21.3 Å². The Balaban J connectivity index is 2.51. The average molecular weight is 262 g/mol. The molecule has 1 rings (SSSR count). The Kier molecular flexibility index (Phi) is 5.96. The van der Waals surface area contributed by atoms with Gasteiger partial charge in [-0.3, -0.25) is 4.79 Å². The molecule has 0 aliphatic rings. The van der Waals surface area contributed by atoms with E-state index < -0.39 is 5.97 Å². The minimum Gasteiger partial charge on any atom is -0.482 e. The highest BCUT2D eigenvalue weighted by atomic mass is 16.6. The number of benzene rings is 1. The van der Waals surface area contributed by atoms with Gasteiger partial charge >= 0.3 is 11.9 Å². The molecule has 0 N–H and O–H groups in total. The van der Waals surface area contributed by atoms with Gasteiger partial charge in [-0.15, -0.1) is 0 Å². The number of ether oxygens (including phenoxy) is 3. The summed E-state index contributed by atoms with van der Waals surface area (Å²) in [5.74, 6) is 5.24. The lowest BCUT2D eigenvalue weighted by atomic mass is 10.2. The monoisotopic (exact) mass is 262 g/mol. The fourth-order valence-corrected chi connectivity index (χ4v) is 1.13. The summed E-state index contributed by atoms with van der Waals surface area (Å²) < 4.78 is 14.1. The SMILES string of the molecule is COC(=O)CC#Cc1ccc(OCC(=O)OC)cc1. The molecule has 0 unspecified atom stereocenters. The first-order chi connectivity index (χ1) is 9.15. The molecule has 5 heteroatoms. The molecule has 0 saturated heterocycles. The maximum absolute atomic E-state index is 10.9. The van der Waals surface area contributed by atoms with Gasteiger partial charge in [-0.05, 0) is 24.3 Å². The Morgan fingerprint density at radius 2 is 1.68 bits per heavy atom. The number of hydrogen-bond acceptors (Lipinski definition) is 5. The molecule has 0 bridgehead atoms. The third-order valence-electron chi connectivity index (χ3n) is 2.13. The quantitative estimate of drug-likeness (QED) is 0.601. The molecular formula is C14H14O5. The lowest BCUT2D eigenvalue weighted by Crippen LogP contribution is -2.12. The number of esters is 2. The Morgan fingerprint density at radius 1 is 1.05 bits per heavy atom. The highest BCUT2D eigenvalue weighted by Crippen LogP contribution is 2.11. The fraction of sp³-hybridized carbons (Fsp3) is 0.286. The van der Waals surface area contributed by atoms with Crippen LogP contribution in [0.3, 0.4) is 0 Å². The molecule has 19 heavy (non-hydrogen) atoms. The summed E-state index contributed by atoms with van der Waals surface area (Å²) in [7, 11) is 2.61. The summed E-state index contributed by atoms with van der Waals surface area (Å²) >= 11 is 0. The highest BCUT2D eigenvalue weighted by molar-refractivity contribution is 5.72. The van der Waals surface area contributed by atoms with E-state index in [0.29, 0.717) is 5.75 Å². The van der Waals surface area contributed by atoms with Gasteiger partial charge < -0.3 is 14.2 Å². The first-order valence-corrected chi connectivity index (χ1v) is 5.51. The second-order valence-electron chi connectivity index (χ2n) is 3.44. The molecule has 0 aromatic heterocycles. The topological polar surface area (TPSA) is 61.8 Å². The molecule has 0 spiro atoms. The van der Waals surface area contributed by atoms with Crippen molar-refractivity contribution in [2.75, 3.05) is 20.8 Å². The van der Waals surface area contributed by atoms with E-state index in [1.807, 2.05) is 0 Å². The third-order valence-corrected chi connectivity index (χ3v) is 2.13. The lowest BCUT2D eigenvalue weighted by molar-refractivity contribution is -0.143. The van der Waals surface area contributed by atoms with Gasteiger partial charge in [0.25, 0.3) is 0 Å². The van der Waals surface area contributed by atoms with E-state index in [4.69, 9.17) is 4.74 Å². The van der Waals surface area contributed by atoms with Gasteiger partial charge in [-0.1, -0.05) is 11.8 Å². The molecule has 0 atom stereocenters. The van der Waals surface area contributed by atoms with Crippen LogP contribution in [0.1, 0.15) is 12.0 Å². The zero-order valence-electron chi connectivity index (χ0n) is 10.8. The van der Waals surface area contributed by atoms with E-state index in [0.717, 1.165) is 5.56 Å². The standard InChI is InChI=1S/C14H14O5/c1-17-13(15)5-3-4-11-6-8-12(9-7-11)19-10-14(16)18-2/h6-9H,5,10H2,1-2H3. The normalized spacial score (nSPS) is 8.95. The zero-order chi connectivity index (χ0) is 14.1. The van der Waals surface area contributed by atoms with Crippen LogP contribution in [0.15, 0.2) is 24.3 Å². The van der Waals surface area contributed by atoms with Crippen molar-refractivity contribution in [3.63, 3.8) is 0 Å². The van der Waals surface area contributed by atoms with Gasteiger partial charge in [0.05, 0.1) is 14.2 Å². The average Bonchev–Trinajstić information content (AvgIpc) is 2.45. The van der Waals surface area contributed by atoms with Crippen LogP contribution in [0.25, 0.3) is 0 Å². The summed E-state index contributed by atoms with van der Waals surface area (Å²) in [6.07, 6.45) is 0.0527. The van der Waals surface area contributed by atoms with Crippen molar-refractivity contribution in [1.29, 1.82) is 0 Å². The smallest absolute Gasteiger partial charge is 0.343 e. The zero-order valence-corrected chi connectivity index (χ0v) is 10.8. The Morgan fingerprint density at radius 3 is 2.26 bits per heavy atom. The molecule has 0 amide bonds. The van der Waals surface area contributed by atoms with Crippen LogP contribution in [0.2, 0.25) is 0 Å². The number of carbonyl (C=O) groups excluding carboxylic acids is 2. The van der Waals surface area contributed by atoms with Crippen molar-refractivity contribution in [2.24, 2.45) is 0 Å². The molecule has 0 heterocycles. The molecular weight excluding hydrogens is 248 g/mol. The number of rotatable bonds is 4. The van der Waals surface area contributed by atoms with Gasteiger partial charge in [0.1, 0.15) is 12.2 Å². The van der Waals surface area contributed by atoms with Gasteiger partial charge in [-0.2, -0.15) is 0 Å². The molecule has 1 aromatic rings. The number of methoxy groups -OCH3 is 2. The fourth-order valence-electron chi connectivity index (χ4n) is 1.13. The van der Waals surface area contributed by atoms with Crippen molar-refractivity contribution in [3.05, 3.63) is 29.8 Å². The van der Waals surface area contributed by atoms with Crippen LogP contribution < -0.4 is 4.74 Å². The molecule has 0 radical (unpaired) electrons. The van der Waals surface area contributed by atoms with Crippen LogP contribution >= 0.6 is 0 Å². The van der Waals surface area contributed by atoms with Crippen molar-refractivity contribution < 1.29 is 23.8 Å². The maximum Gasteiger partial charge on any atom is 0.343 e. The second kappa shape index (κ2) is 7.77. The maximum atomic E-state index is 10.9. The predicted molar refractivity (Wildman–Crippen MR) is 67.5 cm³/mol. The van der Waals surface area contributed by atoms with Crippen molar-refractivity contribution in [3.8, 4) is 17.6 Å². The van der Waals surface area contributed by atoms with Gasteiger partial charge in [-0.25, -0.2) is 4.79 Å². The van der Waals surface area contributed by atoms with E-state index in [-0.39, 0.29) is 19.0 Å². The number of carbonyl (C=O) groups is 2. The summed E-state index contributed by atoms with van der Waals surface area (Å²) in [4.78, 5) is 21.7. The summed E-state index contributed by atoms with van der Waals surface area (Å²) in [6, 6.07) is 6.84. The largest absolute Gasteiger partial charge is 0.482 e. The van der Waals surface area contributed by atoms with Crippen molar-refractivity contribution >= 4 is 11.9 Å². The lowest BCUT2D eigenvalue weighted by Gasteiger charge is -2.04. The predicted octanol–water partition coefficient (Wildman–Crippen LogP) is 1.15. The Labute approximate surface area is 111 Å². The Bertz CT molecular complexity index is 493. The summed E-state index contributed by atoms with van der Waals surface area (Å²) in [6.45, 7) is -0.135. The van der Waals surface area contributed by atoms with E-state index in [1.54, 1.807) is 24.3 Å². The first kappa shape index (κ1) is 14.6.